The van der Waals surface area contributed by atoms with E-state index in [2.05, 4.69) is 5.32 Å². The molecule has 0 aliphatic heterocycles. The van der Waals surface area contributed by atoms with Crippen molar-refractivity contribution in [1.29, 1.82) is 0 Å². The maximum Gasteiger partial charge on any atom is 0.265 e. The van der Waals surface area contributed by atoms with E-state index in [0.29, 0.717) is 17.9 Å². The largest absolute Gasteiger partial charge is 0.491 e. The fraction of sp³-hybridized carbons (Fsp3) is 0.350. The first-order valence-corrected chi connectivity index (χ1v) is 8.29. The minimum Gasteiger partial charge on any atom is -0.491 e. The molecule has 0 aromatic heterocycles. The van der Waals surface area contributed by atoms with Crippen molar-refractivity contribution in [3.8, 4) is 11.5 Å². The van der Waals surface area contributed by atoms with Crippen LogP contribution >= 0.6 is 0 Å². The van der Waals surface area contributed by atoms with Gasteiger partial charge in [0.05, 0.1) is 6.10 Å². The van der Waals surface area contributed by atoms with Gasteiger partial charge < -0.3 is 14.8 Å². The highest BCUT2D eigenvalue weighted by atomic mass is 16.5. The Morgan fingerprint density at radius 2 is 1.75 bits per heavy atom. The van der Waals surface area contributed by atoms with E-state index in [1.54, 1.807) is 0 Å². The Bertz CT molecular complexity index is 665. The topological polar surface area (TPSA) is 47.6 Å². The molecule has 2 rings (SSSR count). The molecule has 0 heterocycles. The molecular formula is C20H25NO3. The molecule has 4 heteroatoms. The average molecular weight is 327 g/mol. The van der Waals surface area contributed by atoms with Gasteiger partial charge in [-0.3, -0.25) is 4.79 Å². The maximum absolute atomic E-state index is 12.5. The van der Waals surface area contributed by atoms with Crippen molar-refractivity contribution in [3.63, 3.8) is 0 Å². The van der Waals surface area contributed by atoms with Crippen molar-refractivity contribution in [2.45, 2.75) is 46.3 Å². The predicted molar refractivity (Wildman–Crippen MR) is 96.7 cm³/mol. The lowest BCUT2D eigenvalue weighted by molar-refractivity contribution is -0.122. The minimum absolute atomic E-state index is 0.0872. The summed E-state index contributed by atoms with van der Waals surface area (Å²) in [5.41, 5.74) is 1.85. The normalized spacial score (nSPS) is 11.9. The molecule has 0 saturated heterocycles. The van der Waals surface area contributed by atoms with Gasteiger partial charge in [0, 0.05) is 11.8 Å². The van der Waals surface area contributed by atoms with Crippen molar-refractivity contribution in [3.05, 3.63) is 54.1 Å². The molecule has 1 atom stereocenters. The zero-order chi connectivity index (χ0) is 17.5. The number of anilines is 1. The molecule has 4 nitrogen and oxygen atoms in total. The van der Waals surface area contributed by atoms with Crippen molar-refractivity contribution in [2.75, 3.05) is 5.32 Å². The molecule has 2 aromatic carbocycles. The molecule has 2 aromatic rings. The Morgan fingerprint density at radius 3 is 2.38 bits per heavy atom. The number of ether oxygens (including phenoxy) is 2. The lowest BCUT2D eigenvalue weighted by atomic mass is 10.2. The van der Waals surface area contributed by atoms with E-state index in [1.165, 1.54) is 0 Å². The van der Waals surface area contributed by atoms with Crippen molar-refractivity contribution >= 4 is 11.6 Å². The maximum atomic E-state index is 12.5. The van der Waals surface area contributed by atoms with Crippen molar-refractivity contribution < 1.29 is 14.3 Å². The number of hydrogen-bond acceptors (Lipinski definition) is 3. The third kappa shape index (κ3) is 5.30. The van der Waals surface area contributed by atoms with Crippen LogP contribution in [0.25, 0.3) is 0 Å². The Morgan fingerprint density at radius 1 is 1.04 bits per heavy atom. The number of hydrogen-bond donors (Lipinski definition) is 1. The van der Waals surface area contributed by atoms with Crippen LogP contribution < -0.4 is 14.8 Å². The summed E-state index contributed by atoms with van der Waals surface area (Å²) in [6.45, 7) is 7.87. The molecule has 0 aliphatic carbocycles. The van der Waals surface area contributed by atoms with Gasteiger partial charge in [0.2, 0.25) is 0 Å². The molecule has 0 radical (unpaired) electrons. The predicted octanol–water partition coefficient (Wildman–Crippen LogP) is 4.58. The van der Waals surface area contributed by atoms with Crippen LogP contribution in [0.5, 0.6) is 11.5 Å². The highest BCUT2D eigenvalue weighted by Crippen LogP contribution is 2.20. The van der Waals surface area contributed by atoms with Crippen LogP contribution in [0.15, 0.2) is 48.5 Å². The summed E-state index contributed by atoms with van der Waals surface area (Å²) < 4.78 is 11.5. The molecular weight excluding hydrogens is 302 g/mol. The van der Waals surface area contributed by atoms with E-state index in [-0.39, 0.29) is 12.0 Å². The molecule has 1 N–H and O–H groups in total. The molecule has 1 amide bonds. The van der Waals surface area contributed by atoms with Gasteiger partial charge in [-0.05, 0) is 51.5 Å². The van der Waals surface area contributed by atoms with E-state index < -0.39 is 6.10 Å². The van der Waals surface area contributed by atoms with Crippen molar-refractivity contribution in [2.24, 2.45) is 0 Å². The smallest absolute Gasteiger partial charge is 0.265 e. The third-order valence-electron chi connectivity index (χ3n) is 3.44. The second-order valence-corrected chi connectivity index (χ2v) is 6.01. The summed E-state index contributed by atoms with van der Waals surface area (Å²) in [6.07, 6.45) is 0.133. The zero-order valence-electron chi connectivity index (χ0n) is 14.7. The van der Waals surface area contributed by atoms with Gasteiger partial charge in [-0.2, -0.15) is 0 Å². The van der Waals surface area contributed by atoms with Crippen LogP contribution in [-0.4, -0.2) is 18.1 Å². The number of aryl methyl sites for hydroxylation is 1. The molecule has 128 valence electrons. The van der Waals surface area contributed by atoms with Gasteiger partial charge in [0.25, 0.3) is 5.91 Å². The van der Waals surface area contributed by atoms with E-state index in [4.69, 9.17) is 9.47 Å². The van der Waals surface area contributed by atoms with Gasteiger partial charge in [0.15, 0.2) is 6.10 Å². The van der Waals surface area contributed by atoms with Crippen LogP contribution in [0, 0.1) is 6.92 Å². The number of carbonyl (C=O) groups is 1. The summed E-state index contributed by atoms with van der Waals surface area (Å²) in [4.78, 5) is 12.5. The first-order valence-electron chi connectivity index (χ1n) is 8.29. The second-order valence-electron chi connectivity index (χ2n) is 6.01. The van der Waals surface area contributed by atoms with Crippen molar-refractivity contribution in [1.82, 2.24) is 0 Å². The lowest BCUT2D eigenvalue weighted by Gasteiger charge is -2.18. The summed E-state index contributed by atoms with van der Waals surface area (Å²) in [6, 6.07) is 15.1. The van der Waals surface area contributed by atoms with Crippen LogP contribution in [0.4, 0.5) is 5.69 Å². The highest BCUT2D eigenvalue weighted by Gasteiger charge is 2.18. The minimum atomic E-state index is -0.539. The molecule has 0 bridgehead atoms. The monoisotopic (exact) mass is 327 g/mol. The summed E-state index contributed by atoms with van der Waals surface area (Å²) in [7, 11) is 0. The average Bonchev–Trinajstić information content (AvgIpc) is 2.54. The fourth-order valence-corrected chi connectivity index (χ4v) is 2.25. The Hall–Kier alpha value is -2.49. The highest BCUT2D eigenvalue weighted by molar-refractivity contribution is 5.94. The lowest BCUT2D eigenvalue weighted by Crippen LogP contribution is -2.32. The van der Waals surface area contributed by atoms with Gasteiger partial charge >= 0.3 is 0 Å². The molecule has 1 unspecified atom stereocenters. The molecule has 24 heavy (non-hydrogen) atoms. The van der Waals surface area contributed by atoms with E-state index in [9.17, 15) is 4.79 Å². The number of nitrogens with one attached hydrogen (secondary N) is 1. The van der Waals surface area contributed by atoms with E-state index in [1.807, 2.05) is 76.2 Å². The summed E-state index contributed by atoms with van der Waals surface area (Å²) in [5.74, 6) is 1.26. The molecule has 0 aliphatic rings. The molecule has 0 fully saturated rings. The van der Waals surface area contributed by atoms with Gasteiger partial charge in [-0.1, -0.05) is 30.7 Å². The molecule has 0 spiro atoms. The van der Waals surface area contributed by atoms with Crippen LogP contribution in [0.1, 0.15) is 32.8 Å². The van der Waals surface area contributed by atoms with Crippen LogP contribution in [-0.2, 0) is 4.79 Å². The van der Waals surface area contributed by atoms with Gasteiger partial charge in [-0.15, -0.1) is 0 Å². The summed E-state index contributed by atoms with van der Waals surface area (Å²) >= 11 is 0. The van der Waals surface area contributed by atoms with Crippen LogP contribution in [0.2, 0.25) is 0 Å². The SMILES string of the molecule is CCC(Oc1ccc(C)cc1)C(=O)Nc1cccc(OC(C)C)c1. The Balaban J connectivity index is 2.02. The van der Waals surface area contributed by atoms with E-state index >= 15 is 0 Å². The number of amides is 1. The summed E-state index contributed by atoms with van der Waals surface area (Å²) in [5, 5.41) is 2.89. The Kier molecular flexibility index (Phi) is 6.24. The third-order valence-corrected chi connectivity index (χ3v) is 3.44. The quantitative estimate of drug-likeness (QED) is 0.810. The zero-order valence-corrected chi connectivity index (χ0v) is 14.7. The van der Waals surface area contributed by atoms with Crippen LogP contribution in [0.3, 0.4) is 0 Å². The van der Waals surface area contributed by atoms with E-state index in [0.717, 1.165) is 11.3 Å². The Labute approximate surface area is 143 Å². The number of benzene rings is 2. The second kappa shape index (κ2) is 8.39. The number of carbonyl (C=O) groups excluding carboxylic acids is 1. The number of rotatable bonds is 7. The standard InChI is InChI=1S/C20H25NO3/c1-5-19(24-17-11-9-15(4)10-12-17)20(22)21-16-7-6-8-18(13-16)23-14(2)3/h6-14,19H,5H2,1-4H3,(H,21,22). The van der Waals surface area contributed by atoms with Gasteiger partial charge in [0.1, 0.15) is 11.5 Å². The first-order chi connectivity index (χ1) is 11.5. The molecule has 0 saturated carbocycles. The fourth-order valence-electron chi connectivity index (χ4n) is 2.25. The van der Waals surface area contributed by atoms with Gasteiger partial charge in [-0.25, -0.2) is 0 Å². The first kappa shape index (κ1) is 17.9.